The van der Waals surface area contributed by atoms with Crippen molar-refractivity contribution in [2.75, 3.05) is 26.2 Å². The van der Waals surface area contributed by atoms with Gasteiger partial charge in [0, 0.05) is 19.2 Å². The molecule has 1 fully saturated rings. The third-order valence-electron chi connectivity index (χ3n) is 4.07. The van der Waals surface area contributed by atoms with Gasteiger partial charge < -0.3 is 15.7 Å². The van der Waals surface area contributed by atoms with Gasteiger partial charge in [-0.1, -0.05) is 30.3 Å². The van der Waals surface area contributed by atoms with Crippen molar-refractivity contribution in [3.8, 4) is 0 Å². The maximum atomic E-state index is 8.87. The summed E-state index contributed by atoms with van der Waals surface area (Å²) in [7, 11) is 0. The van der Waals surface area contributed by atoms with Gasteiger partial charge in [-0.3, -0.25) is 0 Å². The largest absolute Gasteiger partial charge is 0.396 e. The van der Waals surface area contributed by atoms with Crippen LogP contribution in [-0.2, 0) is 6.42 Å². The van der Waals surface area contributed by atoms with Gasteiger partial charge in [0.15, 0.2) is 0 Å². The van der Waals surface area contributed by atoms with Crippen molar-refractivity contribution in [3.05, 3.63) is 35.9 Å². The maximum absolute atomic E-state index is 8.87. The van der Waals surface area contributed by atoms with Crippen molar-refractivity contribution in [1.82, 2.24) is 4.90 Å². The van der Waals surface area contributed by atoms with Gasteiger partial charge in [0.05, 0.1) is 0 Å². The Balaban J connectivity index is 1.70. The number of aliphatic hydroxyl groups excluding tert-OH is 1. The van der Waals surface area contributed by atoms with Gasteiger partial charge in [-0.05, 0) is 50.3 Å². The van der Waals surface area contributed by atoms with Crippen LogP contribution in [0.5, 0.6) is 0 Å². The molecule has 106 valence electrons. The van der Waals surface area contributed by atoms with Gasteiger partial charge in [0.1, 0.15) is 0 Å². The summed E-state index contributed by atoms with van der Waals surface area (Å²) in [6, 6.07) is 10.9. The first-order valence-electron chi connectivity index (χ1n) is 7.40. The molecule has 1 heterocycles. The molecule has 0 spiro atoms. The molecule has 1 atom stereocenters. The molecule has 0 bridgehead atoms. The van der Waals surface area contributed by atoms with E-state index in [0.29, 0.717) is 6.42 Å². The highest BCUT2D eigenvalue weighted by Crippen LogP contribution is 2.21. The van der Waals surface area contributed by atoms with Crippen LogP contribution in [0.3, 0.4) is 0 Å². The van der Waals surface area contributed by atoms with Crippen LogP contribution in [0.4, 0.5) is 0 Å². The second kappa shape index (κ2) is 7.63. The molecule has 1 aliphatic heterocycles. The van der Waals surface area contributed by atoms with Gasteiger partial charge in [0.2, 0.25) is 0 Å². The van der Waals surface area contributed by atoms with E-state index in [9.17, 15) is 0 Å². The molecular weight excluding hydrogens is 236 g/mol. The van der Waals surface area contributed by atoms with Crippen LogP contribution in [0.15, 0.2) is 30.3 Å². The summed E-state index contributed by atoms with van der Waals surface area (Å²) in [5.74, 6) is 0.813. The summed E-state index contributed by atoms with van der Waals surface area (Å²) in [5.41, 5.74) is 7.43. The van der Waals surface area contributed by atoms with E-state index < -0.39 is 0 Å². The number of nitrogens with two attached hydrogens (primary N) is 1. The summed E-state index contributed by atoms with van der Waals surface area (Å²) < 4.78 is 0. The Morgan fingerprint density at radius 3 is 2.53 bits per heavy atom. The molecule has 1 saturated heterocycles. The van der Waals surface area contributed by atoms with Gasteiger partial charge in [0.25, 0.3) is 0 Å². The summed E-state index contributed by atoms with van der Waals surface area (Å²) in [5, 5.41) is 8.87. The number of piperidine rings is 1. The number of likely N-dealkylation sites (tertiary alicyclic amines) is 1. The fourth-order valence-corrected chi connectivity index (χ4v) is 2.91. The van der Waals surface area contributed by atoms with Crippen molar-refractivity contribution in [2.45, 2.75) is 31.7 Å². The van der Waals surface area contributed by atoms with Crippen molar-refractivity contribution >= 4 is 0 Å². The first kappa shape index (κ1) is 14.5. The van der Waals surface area contributed by atoms with E-state index in [4.69, 9.17) is 10.8 Å². The Morgan fingerprint density at radius 2 is 1.89 bits per heavy atom. The van der Waals surface area contributed by atoms with E-state index in [1.165, 1.54) is 24.8 Å². The van der Waals surface area contributed by atoms with Gasteiger partial charge in [-0.15, -0.1) is 0 Å². The highest BCUT2D eigenvalue weighted by molar-refractivity contribution is 5.15. The summed E-state index contributed by atoms with van der Waals surface area (Å²) >= 11 is 0. The molecule has 0 aromatic heterocycles. The van der Waals surface area contributed by atoms with Crippen molar-refractivity contribution in [2.24, 2.45) is 11.7 Å². The van der Waals surface area contributed by atoms with Gasteiger partial charge >= 0.3 is 0 Å². The summed E-state index contributed by atoms with van der Waals surface area (Å²) in [4.78, 5) is 2.45. The minimum absolute atomic E-state index is 0.121. The number of hydrogen-bond acceptors (Lipinski definition) is 3. The normalized spacial score (nSPS) is 19.5. The Morgan fingerprint density at radius 1 is 1.21 bits per heavy atom. The predicted octanol–water partition coefficient (Wildman–Crippen LogP) is 1.65. The van der Waals surface area contributed by atoms with Crippen molar-refractivity contribution in [3.63, 3.8) is 0 Å². The van der Waals surface area contributed by atoms with E-state index in [1.807, 2.05) is 0 Å². The molecule has 0 saturated carbocycles. The lowest BCUT2D eigenvalue weighted by molar-refractivity contribution is 0.166. The van der Waals surface area contributed by atoms with Crippen LogP contribution in [0, 0.1) is 5.92 Å². The van der Waals surface area contributed by atoms with E-state index >= 15 is 0 Å². The lowest BCUT2D eigenvalue weighted by Gasteiger charge is -2.33. The van der Waals surface area contributed by atoms with E-state index in [1.54, 1.807) is 0 Å². The molecule has 1 aromatic rings. The molecule has 1 aliphatic rings. The van der Waals surface area contributed by atoms with Crippen LogP contribution < -0.4 is 5.73 Å². The Labute approximate surface area is 116 Å². The first-order valence-corrected chi connectivity index (χ1v) is 7.40. The number of aliphatic hydroxyl groups is 1. The lowest BCUT2D eigenvalue weighted by Crippen LogP contribution is -2.42. The average Bonchev–Trinajstić information content (AvgIpc) is 2.42. The molecule has 3 heteroatoms. The molecule has 0 amide bonds. The number of rotatable bonds is 6. The molecule has 3 N–H and O–H groups in total. The lowest BCUT2D eigenvalue weighted by atomic mass is 9.90. The molecule has 0 radical (unpaired) electrons. The highest BCUT2D eigenvalue weighted by Gasteiger charge is 2.20. The zero-order chi connectivity index (χ0) is 13.5. The monoisotopic (exact) mass is 262 g/mol. The molecule has 19 heavy (non-hydrogen) atoms. The fraction of sp³-hybridized carbons (Fsp3) is 0.625. The smallest absolute Gasteiger partial charge is 0.0446 e. The van der Waals surface area contributed by atoms with E-state index in [-0.39, 0.29) is 12.6 Å². The van der Waals surface area contributed by atoms with Crippen LogP contribution in [0.2, 0.25) is 0 Å². The number of benzene rings is 1. The van der Waals surface area contributed by atoms with Crippen LogP contribution in [0.25, 0.3) is 0 Å². The second-order valence-corrected chi connectivity index (χ2v) is 5.71. The van der Waals surface area contributed by atoms with Gasteiger partial charge in [-0.25, -0.2) is 0 Å². The SMILES string of the molecule is NC(CCO)CN1CCC(Cc2ccccc2)CC1. The fourth-order valence-electron chi connectivity index (χ4n) is 2.91. The molecule has 1 aromatic carbocycles. The summed E-state index contributed by atoms with van der Waals surface area (Å²) in [6.45, 7) is 3.43. The Hall–Kier alpha value is -0.900. The zero-order valence-electron chi connectivity index (χ0n) is 11.7. The van der Waals surface area contributed by atoms with Crippen molar-refractivity contribution in [1.29, 1.82) is 0 Å². The first-order chi connectivity index (χ1) is 9.28. The van der Waals surface area contributed by atoms with Crippen LogP contribution in [-0.4, -0.2) is 42.3 Å². The van der Waals surface area contributed by atoms with Gasteiger partial charge in [-0.2, -0.15) is 0 Å². The van der Waals surface area contributed by atoms with Crippen LogP contribution in [0.1, 0.15) is 24.8 Å². The molecular formula is C16H26N2O. The molecule has 1 unspecified atom stereocenters. The van der Waals surface area contributed by atoms with Crippen LogP contribution >= 0.6 is 0 Å². The molecule has 2 rings (SSSR count). The third kappa shape index (κ3) is 4.94. The molecule has 0 aliphatic carbocycles. The quantitative estimate of drug-likeness (QED) is 0.819. The average molecular weight is 262 g/mol. The van der Waals surface area contributed by atoms with Crippen molar-refractivity contribution < 1.29 is 5.11 Å². The number of hydrogen-bond donors (Lipinski definition) is 2. The Kier molecular flexibility index (Phi) is 5.83. The standard InChI is InChI=1S/C16H26N2O/c17-16(8-11-19)13-18-9-6-15(7-10-18)12-14-4-2-1-3-5-14/h1-5,15-16,19H,6-13,17H2. The minimum atomic E-state index is 0.121. The van der Waals surface area contributed by atoms with E-state index in [0.717, 1.165) is 25.6 Å². The highest BCUT2D eigenvalue weighted by atomic mass is 16.3. The second-order valence-electron chi connectivity index (χ2n) is 5.71. The zero-order valence-corrected chi connectivity index (χ0v) is 11.7. The molecule has 3 nitrogen and oxygen atoms in total. The topological polar surface area (TPSA) is 49.5 Å². The maximum Gasteiger partial charge on any atom is 0.0446 e. The summed E-state index contributed by atoms with van der Waals surface area (Å²) in [6.07, 6.45) is 4.45. The predicted molar refractivity (Wildman–Crippen MR) is 79.0 cm³/mol. The van der Waals surface area contributed by atoms with E-state index in [2.05, 4.69) is 35.2 Å². The third-order valence-corrected chi connectivity index (χ3v) is 4.07. The Bertz CT molecular complexity index is 347. The number of nitrogens with zero attached hydrogens (tertiary/aromatic N) is 1. The minimum Gasteiger partial charge on any atom is -0.396 e.